The van der Waals surface area contributed by atoms with Crippen molar-refractivity contribution in [1.29, 1.82) is 0 Å². The summed E-state index contributed by atoms with van der Waals surface area (Å²) in [5.41, 5.74) is 1.14. The second-order valence-electron chi connectivity index (χ2n) is 2.72. The van der Waals surface area contributed by atoms with Crippen molar-refractivity contribution in [2.24, 2.45) is 0 Å². The van der Waals surface area contributed by atoms with E-state index in [1.807, 2.05) is 31.2 Å². The van der Waals surface area contributed by atoms with E-state index in [1.165, 1.54) is 5.92 Å². The quantitative estimate of drug-likeness (QED) is 0.700. The molecular formula is C10H12ClO. The lowest BCUT2D eigenvalue weighted by Gasteiger charge is -2.09. The molecule has 0 atom stereocenters. The van der Waals surface area contributed by atoms with Gasteiger partial charge in [-0.15, -0.1) is 0 Å². The van der Waals surface area contributed by atoms with Crippen molar-refractivity contribution in [3.8, 4) is 0 Å². The lowest BCUT2D eigenvalue weighted by Crippen LogP contribution is -2.02. The first-order valence-electron chi connectivity index (χ1n) is 3.81. The molecule has 1 nitrogen and oxygen atoms in total. The molecule has 0 fully saturated rings. The van der Waals surface area contributed by atoms with Crippen molar-refractivity contribution in [3.63, 3.8) is 0 Å². The van der Waals surface area contributed by atoms with Crippen LogP contribution in [0, 0.1) is 5.92 Å². The molecule has 0 saturated carbocycles. The van der Waals surface area contributed by atoms with E-state index < -0.39 is 0 Å². The molecule has 0 N–H and O–H groups in total. The SMILES string of the molecule is COC[C](C)c1cccc(Cl)c1. The molecule has 2 heteroatoms. The highest BCUT2D eigenvalue weighted by Crippen LogP contribution is 2.18. The predicted molar refractivity (Wildman–Crippen MR) is 51.3 cm³/mol. The van der Waals surface area contributed by atoms with Crippen LogP contribution in [0.15, 0.2) is 24.3 Å². The van der Waals surface area contributed by atoms with E-state index in [4.69, 9.17) is 16.3 Å². The Morgan fingerprint density at radius 1 is 1.50 bits per heavy atom. The fourth-order valence-corrected chi connectivity index (χ4v) is 1.24. The van der Waals surface area contributed by atoms with Gasteiger partial charge in [-0.2, -0.15) is 0 Å². The maximum atomic E-state index is 5.83. The molecule has 0 amide bonds. The fraction of sp³-hybridized carbons (Fsp3) is 0.300. The maximum Gasteiger partial charge on any atom is 0.0565 e. The Morgan fingerprint density at radius 2 is 2.25 bits per heavy atom. The van der Waals surface area contributed by atoms with Crippen LogP contribution in [0.3, 0.4) is 0 Å². The van der Waals surface area contributed by atoms with Gasteiger partial charge in [0, 0.05) is 18.1 Å². The van der Waals surface area contributed by atoms with Crippen molar-refractivity contribution in [3.05, 3.63) is 40.8 Å². The second kappa shape index (κ2) is 4.48. The van der Waals surface area contributed by atoms with Crippen molar-refractivity contribution in [1.82, 2.24) is 0 Å². The van der Waals surface area contributed by atoms with Gasteiger partial charge in [0.15, 0.2) is 0 Å². The van der Waals surface area contributed by atoms with E-state index in [0.29, 0.717) is 6.61 Å². The standard InChI is InChI=1S/C10H12ClO/c1-8(7-12-2)9-4-3-5-10(11)6-9/h3-6H,7H2,1-2H3. The zero-order chi connectivity index (χ0) is 8.97. The molecule has 0 unspecified atom stereocenters. The highest BCUT2D eigenvalue weighted by atomic mass is 35.5. The van der Waals surface area contributed by atoms with Crippen molar-refractivity contribution >= 4 is 11.6 Å². The molecule has 0 aliphatic carbocycles. The van der Waals surface area contributed by atoms with Gasteiger partial charge in [-0.1, -0.05) is 30.7 Å². The average Bonchev–Trinajstić information content (AvgIpc) is 2.05. The Morgan fingerprint density at radius 3 is 2.83 bits per heavy atom. The molecule has 0 aliphatic heterocycles. The highest BCUT2D eigenvalue weighted by Gasteiger charge is 2.04. The lowest BCUT2D eigenvalue weighted by molar-refractivity contribution is 0.214. The molecule has 1 aromatic carbocycles. The van der Waals surface area contributed by atoms with Crippen LogP contribution in [0.25, 0.3) is 0 Å². The molecule has 1 radical (unpaired) electrons. The minimum Gasteiger partial charge on any atom is -0.384 e. The first-order chi connectivity index (χ1) is 5.74. The number of ether oxygens (including phenoxy) is 1. The van der Waals surface area contributed by atoms with Gasteiger partial charge in [-0.05, 0) is 17.7 Å². The summed E-state index contributed by atoms with van der Waals surface area (Å²) in [6, 6.07) is 7.78. The molecule has 0 saturated heterocycles. The molecule has 0 aliphatic rings. The van der Waals surface area contributed by atoms with E-state index in [0.717, 1.165) is 10.6 Å². The van der Waals surface area contributed by atoms with Crippen LogP contribution >= 0.6 is 11.6 Å². The van der Waals surface area contributed by atoms with Gasteiger partial charge in [0.2, 0.25) is 0 Å². The van der Waals surface area contributed by atoms with Gasteiger partial charge in [-0.25, -0.2) is 0 Å². The number of benzene rings is 1. The predicted octanol–water partition coefficient (Wildman–Crippen LogP) is 2.93. The summed E-state index contributed by atoms with van der Waals surface area (Å²) in [7, 11) is 1.69. The van der Waals surface area contributed by atoms with E-state index >= 15 is 0 Å². The third-order valence-corrected chi connectivity index (χ3v) is 1.91. The molecule has 1 rings (SSSR count). The zero-order valence-electron chi connectivity index (χ0n) is 7.30. The summed E-state index contributed by atoms with van der Waals surface area (Å²) < 4.78 is 5.02. The summed E-state index contributed by atoms with van der Waals surface area (Å²) >= 11 is 5.83. The molecule has 0 heterocycles. The van der Waals surface area contributed by atoms with Crippen LogP contribution in [0.4, 0.5) is 0 Å². The van der Waals surface area contributed by atoms with Crippen molar-refractivity contribution in [2.45, 2.75) is 6.92 Å². The van der Waals surface area contributed by atoms with E-state index in [1.54, 1.807) is 7.11 Å². The highest BCUT2D eigenvalue weighted by molar-refractivity contribution is 6.30. The van der Waals surface area contributed by atoms with Gasteiger partial charge in [0.25, 0.3) is 0 Å². The van der Waals surface area contributed by atoms with E-state index in [-0.39, 0.29) is 0 Å². The Balaban J connectivity index is 2.73. The minimum atomic E-state index is 0.653. The first kappa shape index (κ1) is 9.56. The topological polar surface area (TPSA) is 9.23 Å². The monoisotopic (exact) mass is 183 g/mol. The van der Waals surface area contributed by atoms with Crippen LogP contribution in [0.5, 0.6) is 0 Å². The number of methoxy groups -OCH3 is 1. The maximum absolute atomic E-state index is 5.83. The number of hydrogen-bond acceptors (Lipinski definition) is 1. The Labute approximate surface area is 78.3 Å². The van der Waals surface area contributed by atoms with Gasteiger partial charge < -0.3 is 4.74 Å². The Kier molecular flexibility index (Phi) is 3.57. The largest absolute Gasteiger partial charge is 0.384 e. The third-order valence-electron chi connectivity index (χ3n) is 1.68. The van der Waals surface area contributed by atoms with Gasteiger partial charge in [0.1, 0.15) is 0 Å². The normalized spacial score (nSPS) is 10.7. The Bertz CT molecular complexity index is 247. The van der Waals surface area contributed by atoms with E-state index in [9.17, 15) is 0 Å². The lowest BCUT2D eigenvalue weighted by atomic mass is 10.0. The molecule has 1 aromatic rings. The van der Waals surface area contributed by atoms with E-state index in [2.05, 4.69) is 0 Å². The van der Waals surface area contributed by atoms with Crippen molar-refractivity contribution in [2.75, 3.05) is 13.7 Å². The van der Waals surface area contributed by atoms with Crippen molar-refractivity contribution < 1.29 is 4.74 Å². The second-order valence-corrected chi connectivity index (χ2v) is 3.16. The van der Waals surface area contributed by atoms with Crippen LogP contribution in [-0.2, 0) is 4.74 Å². The van der Waals surface area contributed by atoms with Gasteiger partial charge >= 0.3 is 0 Å². The average molecular weight is 184 g/mol. The Hall–Kier alpha value is -0.530. The summed E-state index contributed by atoms with van der Waals surface area (Å²) in [6.07, 6.45) is 0. The number of hydrogen-bond donors (Lipinski definition) is 0. The molecule has 0 spiro atoms. The van der Waals surface area contributed by atoms with Gasteiger partial charge in [-0.3, -0.25) is 0 Å². The first-order valence-corrected chi connectivity index (χ1v) is 4.19. The van der Waals surface area contributed by atoms with Gasteiger partial charge in [0.05, 0.1) is 6.61 Å². The summed E-state index contributed by atoms with van der Waals surface area (Å²) in [5, 5.41) is 0.767. The number of rotatable bonds is 3. The summed E-state index contributed by atoms with van der Waals surface area (Å²) in [4.78, 5) is 0. The molecular weight excluding hydrogens is 172 g/mol. The summed E-state index contributed by atoms with van der Waals surface area (Å²) in [6.45, 7) is 2.69. The molecule has 0 bridgehead atoms. The molecule has 0 aromatic heterocycles. The number of halogens is 1. The van der Waals surface area contributed by atoms with Crippen LogP contribution in [0.2, 0.25) is 5.02 Å². The zero-order valence-corrected chi connectivity index (χ0v) is 8.06. The minimum absolute atomic E-state index is 0.653. The molecule has 12 heavy (non-hydrogen) atoms. The molecule has 65 valence electrons. The van der Waals surface area contributed by atoms with Crippen LogP contribution in [0.1, 0.15) is 12.5 Å². The fourth-order valence-electron chi connectivity index (χ4n) is 1.05. The van der Waals surface area contributed by atoms with Crippen LogP contribution < -0.4 is 0 Å². The summed E-state index contributed by atoms with van der Waals surface area (Å²) in [5.74, 6) is 1.19. The van der Waals surface area contributed by atoms with Crippen LogP contribution in [-0.4, -0.2) is 13.7 Å². The smallest absolute Gasteiger partial charge is 0.0565 e. The third kappa shape index (κ3) is 2.50.